The number of carbonyl (C=O) groups excluding carboxylic acids is 1. The maximum Gasteiger partial charge on any atom is 0.355 e. The Bertz CT molecular complexity index is 795. The first-order chi connectivity index (χ1) is 11.7. The van der Waals surface area contributed by atoms with Crippen LogP contribution in [0.2, 0.25) is 0 Å². The summed E-state index contributed by atoms with van der Waals surface area (Å²) in [5.74, 6) is -0.131. The quantitative estimate of drug-likeness (QED) is 0.794. The van der Waals surface area contributed by atoms with Gasteiger partial charge in [0.15, 0.2) is 0 Å². The van der Waals surface area contributed by atoms with Crippen molar-refractivity contribution in [1.82, 2.24) is 9.47 Å². The van der Waals surface area contributed by atoms with Gasteiger partial charge in [-0.05, 0) is 44.4 Å². The van der Waals surface area contributed by atoms with Crippen LogP contribution in [0.25, 0.3) is 10.9 Å². The number of ether oxygens (including phenoxy) is 1. The lowest BCUT2D eigenvalue weighted by Crippen LogP contribution is -2.43. The Balaban J connectivity index is 1.42. The van der Waals surface area contributed by atoms with Gasteiger partial charge in [0.2, 0.25) is 0 Å². The fourth-order valence-electron chi connectivity index (χ4n) is 5.10. The Labute approximate surface area is 142 Å². The molecule has 0 aliphatic carbocycles. The smallest absolute Gasteiger partial charge is 0.355 e. The topological polar surface area (TPSA) is 34.5 Å². The van der Waals surface area contributed by atoms with Gasteiger partial charge in [-0.15, -0.1) is 0 Å². The summed E-state index contributed by atoms with van der Waals surface area (Å²) in [5.41, 5.74) is 3.33. The third-order valence-corrected chi connectivity index (χ3v) is 6.37. The molecule has 0 N–H and O–H groups in total. The van der Waals surface area contributed by atoms with Crippen molar-refractivity contribution in [1.29, 1.82) is 0 Å². The minimum Gasteiger partial charge on any atom is -0.458 e. The van der Waals surface area contributed by atoms with E-state index in [4.69, 9.17) is 4.74 Å². The zero-order valence-corrected chi connectivity index (χ0v) is 14.2. The summed E-state index contributed by atoms with van der Waals surface area (Å²) in [6.45, 7) is 0.920. The fraction of sp³-hybridized carbons (Fsp3) is 0.550. The normalized spacial score (nSPS) is 29.1. The van der Waals surface area contributed by atoms with Gasteiger partial charge in [0.05, 0.1) is 5.52 Å². The van der Waals surface area contributed by atoms with E-state index in [9.17, 15) is 4.79 Å². The summed E-state index contributed by atoms with van der Waals surface area (Å²) in [4.78, 5) is 15.3. The maximum atomic E-state index is 12.9. The lowest BCUT2D eigenvalue weighted by Gasteiger charge is -2.35. The minimum absolute atomic E-state index is 0.0834. The zero-order valence-electron chi connectivity index (χ0n) is 14.2. The minimum atomic E-state index is -0.131. The van der Waals surface area contributed by atoms with Gasteiger partial charge in [-0.1, -0.05) is 18.2 Å². The molecule has 4 nitrogen and oxygen atoms in total. The van der Waals surface area contributed by atoms with Gasteiger partial charge in [0.1, 0.15) is 11.8 Å². The molecule has 2 aromatic rings. The second kappa shape index (κ2) is 5.35. The number of hydrogen-bond donors (Lipinski definition) is 0. The van der Waals surface area contributed by atoms with Crippen LogP contribution < -0.4 is 0 Å². The van der Waals surface area contributed by atoms with Gasteiger partial charge in [-0.2, -0.15) is 0 Å². The standard InChI is InChI=1S/C20H24N2O2/c1-21-15-7-8-16(21)12-17(11-15)24-20(23)18-10-14-5-2-4-13-6-3-9-22(18)19(13)14/h2,4-5,10,15-17H,3,6-9,11-12H2,1H3. The highest BCUT2D eigenvalue weighted by Gasteiger charge is 2.40. The van der Waals surface area contributed by atoms with E-state index >= 15 is 0 Å². The first-order valence-corrected chi connectivity index (χ1v) is 9.25. The van der Waals surface area contributed by atoms with Crippen LogP contribution >= 0.6 is 0 Å². The van der Waals surface area contributed by atoms with Gasteiger partial charge in [0, 0.05) is 36.9 Å². The van der Waals surface area contributed by atoms with Crippen LogP contribution in [0.3, 0.4) is 0 Å². The summed E-state index contributed by atoms with van der Waals surface area (Å²) in [6.07, 6.45) is 6.76. The lowest BCUT2D eigenvalue weighted by molar-refractivity contribution is -0.00138. The molecule has 4 heterocycles. The van der Waals surface area contributed by atoms with Gasteiger partial charge in [-0.25, -0.2) is 4.79 Å². The molecule has 1 aromatic carbocycles. The second-order valence-corrected chi connectivity index (χ2v) is 7.69. The SMILES string of the molecule is CN1C2CCC1CC(OC(=O)c1cc3cccc4c3n1CCC4)C2. The van der Waals surface area contributed by atoms with Crippen molar-refractivity contribution in [3.8, 4) is 0 Å². The first-order valence-electron chi connectivity index (χ1n) is 9.25. The molecule has 126 valence electrons. The number of hydrogen-bond acceptors (Lipinski definition) is 3. The van der Waals surface area contributed by atoms with E-state index in [2.05, 4.69) is 34.7 Å². The van der Waals surface area contributed by atoms with Crippen LogP contribution in [0.5, 0.6) is 0 Å². The molecule has 2 atom stereocenters. The third-order valence-electron chi connectivity index (χ3n) is 6.37. The number of fused-ring (bicyclic) bond motifs is 2. The Morgan fingerprint density at radius 1 is 1.21 bits per heavy atom. The number of nitrogens with zero attached hydrogens (tertiary/aromatic N) is 2. The van der Waals surface area contributed by atoms with E-state index in [1.165, 1.54) is 29.3 Å². The number of aryl methyl sites for hydroxylation is 2. The predicted molar refractivity (Wildman–Crippen MR) is 93.3 cm³/mol. The molecule has 5 rings (SSSR count). The van der Waals surface area contributed by atoms with Crippen LogP contribution in [-0.2, 0) is 17.7 Å². The molecule has 1 aromatic heterocycles. The molecule has 24 heavy (non-hydrogen) atoms. The van der Waals surface area contributed by atoms with Crippen molar-refractivity contribution in [2.75, 3.05) is 7.05 Å². The largest absolute Gasteiger partial charge is 0.458 e. The van der Waals surface area contributed by atoms with E-state index in [-0.39, 0.29) is 12.1 Å². The Morgan fingerprint density at radius 2 is 2.00 bits per heavy atom. The summed E-state index contributed by atoms with van der Waals surface area (Å²) in [7, 11) is 2.21. The van der Waals surface area contributed by atoms with Crippen LogP contribution in [0.15, 0.2) is 24.3 Å². The van der Waals surface area contributed by atoms with Gasteiger partial charge < -0.3 is 14.2 Å². The number of esters is 1. The molecule has 2 fully saturated rings. The first kappa shape index (κ1) is 14.5. The molecule has 0 saturated carbocycles. The van der Waals surface area contributed by atoms with Crippen molar-refractivity contribution >= 4 is 16.9 Å². The molecule has 2 saturated heterocycles. The van der Waals surface area contributed by atoms with E-state index in [0.29, 0.717) is 12.1 Å². The average molecular weight is 324 g/mol. The van der Waals surface area contributed by atoms with E-state index in [0.717, 1.165) is 37.9 Å². The Morgan fingerprint density at radius 3 is 2.79 bits per heavy atom. The highest BCUT2D eigenvalue weighted by atomic mass is 16.5. The van der Waals surface area contributed by atoms with Crippen LogP contribution in [0.1, 0.15) is 48.2 Å². The van der Waals surface area contributed by atoms with Crippen LogP contribution in [-0.4, -0.2) is 40.7 Å². The molecule has 2 bridgehead atoms. The van der Waals surface area contributed by atoms with Crippen molar-refractivity contribution in [2.45, 2.75) is 63.3 Å². The molecule has 0 radical (unpaired) electrons. The number of para-hydroxylation sites is 1. The average Bonchev–Trinajstić information content (AvgIpc) is 3.04. The summed E-state index contributed by atoms with van der Waals surface area (Å²) >= 11 is 0. The highest BCUT2D eigenvalue weighted by Crippen LogP contribution is 2.36. The molecular formula is C20H24N2O2. The molecule has 3 aliphatic rings. The number of piperidine rings is 1. The summed E-state index contributed by atoms with van der Waals surface area (Å²) in [5, 5.41) is 1.17. The summed E-state index contributed by atoms with van der Waals surface area (Å²) in [6, 6.07) is 9.60. The highest BCUT2D eigenvalue weighted by molar-refractivity contribution is 5.97. The Hall–Kier alpha value is -1.81. The molecule has 2 unspecified atom stereocenters. The number of aromatic nitrogens is 1. The molecule has 0 spiro atoms. The lowest BCUT2D eigenvalue weighted by atomic mass is 10.0. The van der Waals surface area contributed by atoms with Crippen molar-refractivity contribution in [3.05, 3.63) is 35.5 Å². The van der Waals surface area contributed by atoms with Crippen molar-refractivity contribution in [3.63, 3.8) is 0 Å². The van der Waals surface area contributed by atoms with Crippen molar-refractivity contribution in [2.24, 2.45) is 0 Å². The van der Waals surface area contributed by atoms with Gasteiger partial charge >= 0.3 is 5.97 Å². The van der Waals surface area contributed by atoms with Crippen LogP contribution in [0.4, 0.5) is 0 Å². The van der Waals surface area contributed by atoms with Gasteiger partial charge in [-0.3, -0.25) is 0 Å². The molecule has 3 aliphatic heterocycles. The van der Waals surface area contributed by atoms with Gasteiger partial charge in [0.25, 0.3) is 0 Å². The molecule has 0 amide bonds. The van der Waals surface area contributed by atoms with E-state index in [1.807, 2.05) is 6.07 Å². The van der Waals surface area contributed by atoms with E-state index < -0.39 is 0 Å². The third kappa shape index (κ3) is 2.12. The molecular weight excluding hydrogens is 300 g/mol. The summed E-state index contributed by atoms with van der Waals surface area (Å²) < 4.78 is 8.14. The number of rotatable bonds is 2. The predicted octanol–water partition coefficient (Wildman–Crippen LogP) is 3.37. The monoisotopic (exact) mass is 324 g/mol. The number of benzene rings is 1. The van der Waals surface area contributed by atoms with E-state index in [1.54, 1.807) is 0 Å². The molecule has 4 heteroatoms. The zero-order chi connectivity index (χ0) is 16.3. The number of carbonyl (C=O) groups is 1. The van der Waals surface area contributed by atoms with Crippen molar-refractivity contribution < 1.29 is 9.53 Å². The second-order valence-electron chi connectivity index (χ2n) is 7.69. The van der Waals surface area contributed by atoms with Crippen LogP contribution in [0, 0.1) is 0 Å². The fourth-order valence-corrected chi connectivity index (χ4v) is 5.10. The maximum absolute atomic E-state index is 12.9. The Kier molecular flexibility index (Phi) is 3.24.